The maximum atomic E-state index is 12.7. The van der Waals surface area contributed by atoms with Crippen molar-refractivity contribution in [3.63, 3.8) is 0 Å². The lowest BCUT2D eigenvalue weighted by Gasteiger charge is -2.39. The van der Waals surface area contributed by atoms with Gasteiger partial charge in [-0.3, -0.25) is 4.79 Å². The van der Waals surface area contributed by atoms with Crippen LogP contribution in [0, 0.1) is 0 Å². The number of carbonyl (C=O) groups excluding carboxylic acids is 1. The van der Waals surface area contributed by atoms with Gasteiger partial charge in [0.1, 0.15) is 11.3 Å². The van der Waals surface area contributed by atoms with Gasteiger partial charge in [0.15, 0.2) is 0 Å². The van der Waals surface area contributed by atoms with Crippen LogP contribution in [0.25, 0.3) is 0 Å². The molecule has 0 bridgehead atoms. The number of aliphatic hydroxyl groups excluding tert-OH is 1. The van der Waals surface area contributed by atoms with E-state index in [1.165, 1.54) is 0 Å². The third-order valence-corrected chi connectivity index (χ3v) is 4.77. The van der Waals surface area contributed by atoms with Crippen molar-refractivity contribution >= 4 is 5.91 Å². The molecule has 1 aromatic rings. The molecule has 1 amide bonds. The minimum absolute atomic E-state index is 0.0903. The molecular weight excluding hydrogens is 284 g/mol. The molecule has 122 valence electrons. The number of aliphatic hydroxyl groups is 1. The SMILES string of the molecule is CC1(C(=O)N2CCC(n3cc(CO)nn3)CC2)CCCCO1. The molecule has 3 heterocycles. The Kier molecular flexibility index (Phi) is 4.44. The van der Waals surface area contributed by atoms with Gasteiger partial charge in [0, 0.05) is 19.7 Å². The Balaban J connectivity index is 1.58. The molecular formula is C15H24N4O3. The summed E-state index contributed by atoms with van der Waals surface area (Å²) in [5.41, 5.74) is -0.0517. The molecule has 22 heavy (non-hydrogen) atoms. The summed E-state index contributed by atoms with van der Waals surface area (Å²) in [7, 11) is 0. The minimum Gasteiger partial charge on any atom is -0.390 e. The Morgan fingerprint density at radius 1 is 1.45 bits per heavy atom. The van der Waals surface area contributed by atoms with Crippen LogP contribution in [0.5, 0.6) is 0 Å². The number of piperidine rings is 1. The number of hydrogen-bond donors (Lipinski definition) is 1. The van der Waals surface area contributed by atoms with E-state index < -0.39 is 5.60 Å². The molecule has 1 atom stereocenters. The van der Waals surface area contributed by atoms with E-state index in [2.05, 4.69) is 10.3 Å². The van der Waals surface area contributed by atoms with Crippen molar-refractivity contribution in [3.8, 4) is 0 Å². The summed E-state index contributed by atoms with van der Waals surface area (Å²) in [4.78, 5) is 14.6. The monoisotopic (exact) mass is 308 g/mol. The van der Waals surface area contributed by atoms with Crippen molar-refractivity contribution in [1.82, 2.24) is 19.9 Å². The van der Waals surface area contributed by atoms with Gasteiger partial charge in [-0.15, -0.1) is 5.10 Å². The van der Waals surface area contributed by atoms with Crippen LogP contribution in [-0.4, -0.2) is 56.2 Å². The summed E-state index contributed by atoms with van der Waals surface area (Å²) < 4.78 is 7.57. The van der Waals surface area contributed by atoms with E-state index in [9.17, 15) is 4.79 Å². The quantitative estimate of drug-likeness (QED) is 0.897. The lowest BCUT2D eigenvalue weighted by Crippen LogP contribution is -2.52. The molecule has 7 heteroatoms. The summed E-state index contributed by atoms with van der Waals surface area (Å²) in [6.07, 6.45) is 6.42. The summed E-state index contributed by atoms with van der Waals surface area (Å²) in [6.45, 7) is 3.95. The summed E-state index contributed by atoms with van der Waals surface area (Å²) >= 11 is 0. The molecule has 2 fully saturated rings. The maximum Gasteiger partial charge on any atom is 0.254 e. The number of ether oxygens (including phenoxy) is 1. The smallest absolute Gasteiger partial charge is 0.254 e. The van der Waals surface area contributed by atoms with Gasteiger partial charge in [0.25, 0.3) is 5.91 Å². The first-order chi connectivity index (χ1) is 10.6. The third-order valence-electron chi connectivity index (χ3n) is 4.77. The van der Waals surface area contributed by atoms with Gasteiger partial charge in [-0.25, -0.2) is 4.68 Å². The van der Waals surface area contributed by atoms with Crippen molar-refractivity contribution in [2.24, 2.45) is 0 Å². The summed E-state index contributed by atoms with van der Waals surface area (Å²) in [5.74, 6) is 0.125. The average Bonchev–Trinajstić information content (AvgIpc) is 3.04. The summed E-state index contributed by atoms with van der Waals surface area (Å²) in [6, 6.07) is 0.247. The molecule has 1 aromatic heterocycles. The molecule has 0 aliphatic carbocycles. The fraction of sp³-hybridized carbons (Fsp3) is 0.800. The first-order valence-electron chi connectivity index (χ1n) is 8.07. The Labute approximate surface area is 130 Å². The van der Waals surface area contributed by atoms with Crippen LogP contribution in [0.2, 0.25) is 0 Å². The highest BCUT2D eigenvalue weighted by Crippen LogP contribution is 2.29. The van der Waals surface area contributed by atoms with Gasteiger partial charge in [0.2, 0.25) is 0 Å². The number of amides is 1. The average molecular weight is 308 g/mol. The van der Waals surface area contributed by atoms with Crippen molar-refractivity contribution in [1.29, 1.82) is 0 Å². The molecule has 0 saturated carbocycles. The highest BCUT2D eigenvalue weighted by atomic mass is 16.5. The number of rotatable bonds is 3. The van der Waals surface area contributed by atoms with Crippen molar-refractivity contribution in [3.05, 3.63) is 11.9 Å². The first-order valence-corrected chi connectivity index (χ1v) is 8.07. The van der Waals surface area contributed by atoms with Gasteiger partial charge in [0.05, 0.1) is 18.8 Å². The second-order valence-electron chi connectivity index (χ2n) is 6.41. The van der Waals surface area contributed by atoms with Crippen LogP contribution in [-0.2, 0) is 16.1 Å². The predicted octanol–water partition coefficient (Wildman–Crippen LogP) is 0.893. The standard InChI is InChI=1S/C15H24N4O3/c1-15(6-2-3-9-22-15)14(21)18-7-4-13(5-8-18)19-10-12(11-20)16-17-19/h10,13,20H,2-9,11H2,1H3. The number of hydrogen-bond acceptors (Lipinski definition) is 5. The van der Waals surface area contributed by atoms with E-state index in [0.29, 0.717) is 12.3 Å². The predicted molar refractivity (Wildman–Crippen MR) is 79.0 cm³/mol. The molecule has 0 aromatic carbocycles. The lowest BCUT2D eigenvalue weighted by atomic mass is 9.93. The maximum absolute atomic E-state index is 12.7. The molecule has 7 nitrogen and oxygen atoms in total. The van der Waals surface area contributed by atoms with E-state index in [4.69, 9.17) is 9.84 Å². The van der Waals surface area contributed by atoms with Gasteiger partial charge in [-0.2, -0.15) is 0 Å². The zero-order chi connectivity index (χ0) is 15.6. The van der Waals surface area contributed by atoms with Crippen LogP contribution < -0.4 is 0 Å². The van der Waals surface area contributed by atoms with E-state index in [1.807, 2.05) is 16.5 Å². The number of nitrogens with zero attached hydrogens (tertiary/aromatic N) is 4. The largest absolute Gasteiger partial charge is 0.390 e. The van der Waals surface area contributed by atoms with Crippen molar-refractivity contribution < 1.29 is 14.6 Å². The van der Waals surface area contributed by atoms with Crippen molar-refractivity contribution in [2.45, 2.75) is 57.3 Å². The number of carbonyl (C=O) groups is 1. The Morgan fingerprint density at radius 3 is 2.82 bits per heavy atom. The Bertz CT molecular complexity index is 517. The molecule has 1 N–H and O–H groups in total. The van der Waals surface area contributed by atoms with Crippen LogP contribution in [0.15, 0.2) is 6.20 Å². The number of likely N-dealkylation sites (tertiary alicyclic amines) is 1. The Morgan fingerprint density at radius 2 is 2.23 bits per heavy atom. The second-order valence-corrected chi connectivity index (χ2v) is 6.41. The minimum atomic E-state index is -0.637. The van der Waals surface area contributed by atoms with E-state index >= 15 is 0 Å². The molecule has 3 rings (SSSR count). The second kappa shape index (κ2) is 6.34. The highest BCUT2D eigenvalue weighted by molar-refractivity contribution is 5.85. The van der Waals surface area contributed by atoms with Crippen LogP contribution in [0.4, 0.5) is 0 Å². The van der Waals surface area contributed by atoms with Crippen molar-refractivity contribution in [2.75, 3.05) is 19.7 Å². The summed E-state index contributed by atoms with van der Waals surface area (Å²) in [5, 5.41) is 17.0. The van der Waals surface area contributed by atoms with Gasteiger partial charge >= 0.3 is 0 Å². The zero-order valence-electron chi connectivity index (χ0n) is 13.1. The fourth-order valence-corrected chi connectivity index (χ4v) is 3.33. The molecule has 0 spiro atoms. The van der Waals surface area contributed by atoms with E-state index in [1.54, 1.807) is 6.20 Å². The van der Waals surface area contributed by atoms with E-state index in [0.717, 1.165) is 45.2 Å². The molecule has 2 aliphatic rings. The molecule has 2 saturated heterocycles. The molecule has 1 unspecified atom stereocenters. The molecule has 0 radical (unpaired) electrons. The van der Waals surface area contributed by atoms with E-state index in [-0.39, 0.29) is 18.6 Å². The number of aromatic nitrogens is 3. The first kappa shape index (κ1) is 15.4. The third kappa shape index (κ3) is 3.01. The van der Waals surface area contributed by atoms with Gasteiger partial charge < -0.3 is 14.7 Å². The van der Waals surface area contributed by atoms with Crippen LogP contribution >= 0.6 is 0 Å². The van der Waals surface area contributed by atoms with Crippen LogP contribution in [0.3, 0.4) is 0 Å². The zero-order valence-corrected chi connectivity index (χ0v) is 13.1. The lowest BCUT2D eigenvalue weighted by molar-refractivity contribution is -0.163. The topological polar surface area (TPSA) is 80.5 Å². The normalized spacial score (nSPS) is 27.1. The fourth-order valence-electron chi connectivity index (χ4n) is 3.33. The van der Waals surface area contributed by atoms with Crippen LogP contribution in [0.1, 0.15) is 50.8 Å². The Hall–Kier alpha value is -1.47. The van der Waals surface area contributed by atoms with Gasteiger partial charge in [-0.05, 0) is 39.0 Å². The highest BCUT2D eigenvalue weighted by Gasteiger charge is 2.40. The molecule has 2 aliphatic heterocycles. The van der Waals surface area contributed by atoms with Gasteiger partial charge in [-0.1, -0.05) is 5.21 Å².